The van der Waals surface area contributed by atoms with E-state index >= 15 is 0 Å². The van der Waals surface area contributed by atoms with E-state index in [1.54, 1.807) is 6.20 Å². The standard InChI is InChI=1S/C11H20N4S/c1-4-9(8-16-3)15(2)10-5-6-13-11(7-10)14-12/h5-7,9H,4,8,12H2,1-3H3,(H,13,14). The molecule has 1 rings (SSSR count). The first-order valence-electron chi connectivity index (χ1n) is 5.37. The first kappa shape index (κ1) is 13.1. The number of anilines is 2. The van der Waals surface area contributed by atoms with Crippen LogP contribution in [0.2, 0.25) is 0 Å². The van der Waals surface area contributed by atoms with Gasteiger partial charge in [0.2, 0.25) is 0 Å². The van der Waals surface area contributed by atoms with Crippen molar-refractivity contribution in [2.75, 3.05) is 29.4 Å². The molecule has 0 aliphatic rings. The molecule has 1 atom stereocenters. The van der Waals surface area contributed by atoms with E-state index in [0.717, 1.165) is 17.9 Å². The van der Waals surface area contributed by atoms with Gasteiger partial charge in [-0.15, -0.1) is 0 Å². The van der Waals surface area contributed by atoms with E-state index in [1.165, 1.54) is 0 Å². The van der Waals surface area contributed by atoms with Crippen LogP contribution in [-0.4, -0.2) is 30.1 Å². The van der Waals surface area contributed by atoms with E-state index in [9.17, 15) is 0 Å². The normalized spacial score (nSPS) is 12.2. The lowest BCUT2D eigenvalue weighted by Crippen LogP contribution is -2.33. The number of nitrogens with two attached hydrogens (primary N) is 1. The van der Waals surface area contributed by atoms with Crippen LogP contribution < -0.4 is 16.2 Å². The Morgan fingerprint density at radius 1 is 1.62 bits per heavy atom. The van der Waals surface area contributed by atoms with Crippen LogP contribution in [-0.2, 0) is 0 Å². The van der Waals surface area contributed by atoms with Crippen molar-refractivity contribution in [3.8, 4) is 0 Å². The zero-order valence-corrected chi connectivity index (χ0v) is 10.9. The molecule has 0 aliphatic heterocycles. The van der Waals surface area contributed by atoms with Crippen molar-refractivity contribution in [1.82, 2.24) is 4.98 Å². The van der Waals surface area contributed by atoms with Crippen LogP contribution in [0, 0.1) is 0 Å². The molecule has 90 valence electrons. The van der Waals surface area contributed by atoms with E-state index in [2.05, 4.69) is 35.5 Å². The second kappa shape index (κ2) is 6.60. The third-order valence-electron chi connectivity index (χ3n) is 2.68. The number of aromatic nitrogens is 1. The molecule has 1 aromatic rings. The van der Waals surface area contributed by atoms with Crippen molar-refractivity contribution in [3.05, 3.63) is 18.3 Å². The third-order valence-corrected chi connectivity index (χ3v) is 3.39. The number of thioether (sulfide) groups is 1. The average molecular weight is 240 g/mol. The van der Waals surface area contributed by atoms with Gasteiger partial charge in [0, 0.05) is 36.8 Å². The number of pyridine rings is 1. The molecule has 1 heterocycles. The molecule has 0 fully saturated rings. The van der Waals surface area contributed by atoms with Gasteiger partial charge in [-0.2, -0.15) is 11.8 Å². The summed E-state index contributed by atoms with van der Waals surface area (Å²) in [7, 11) is 2.11. The SMILES string of the molecule is CCC(CSC)N(C)c1ccnc(NN)c1. The van der Waals surface area contributed by atoms with Gasteiger partial charge in [-0.05, 0) is 18.7 Å². The Kier molecular flexibility index (Phi) is 5.42. The molecule has 1 aromatic heterocycles. The summed E-state index contributed by atoms with van der Waals surface area (Å²) < 4.78 is 0. The second-order valence-electron chi connectivity index (χ2n) is 3.67. The maximum absolute atomic E-state index is 5.35. The summed E-state index contributed by atoms with van der Waals surface area (Å²) in [6, 6.07) is 4.51. The fraction of sp³-hybridized carbons (Fsp3) is 0.545. The molecule has 0 radical (unpaired) electrons. The van der Waals surface area contributed by atoms with E-state index in [4.69, 9.17) is 5.84 Å². The largest absolute Gasteiger partial charge is 0.371 e. The van der Waals surface area contributed by atoms with Crippen LogP contribution in [0.3, 0.4) is 0 Å². The lowest BCUT2D eigenvalue weighted by molar-refractivity contribution is 0.673. The molecule has 5 heteroatoms. The number of hydrazine groups is 1. The summed E-state index contributed by atoms with van der Waals surface area (Å²) in [5.41, 5.74) is 3.71. The molecule has 0 amide bonds. The van der Waals surface area contributed by atoms with Crippen molar-refractivity contribution in [2.24, 2.45) is 5.84 Å². The van der Waals surface area contributed by atoms with Gasteiger partial charge in [0.1, 0.15) is 5.82 Å². The molecule has 1 unspecified atom stereocenters. The van der Waals surface area contributed by atoms with Crippen molar-refractivity contribution in [2.45, 2.75) is 19.4 Å². The average Bonchev–Trinajstić information content (AvgIpc) is 2.35. The Bertz CT molecular complexity index is 319. The second-order valence-corrected chi connectivity index (χ2v) is 4.58. The molecule has 0 bridgehead atoms. The minimum absolute atomic E-state index is 0.544. The van der Waals surface area contributed by atoms with E-state index < -0.39 is 0 Å². The number of hydrogen-bond donors (Lipinski definition) is 2. The summed E-state index contributed by atoms with van der Waals surface area (Å²) >= 11 is 1.87. The van der Waals surface area contributed by atoms with Crippen LogP contribution in [0.1, 0.15) is 13.3 Å². The summed E-state index contributed by atoms with van der Waals surface area (Å²) in [5, 5.41) is 0. The molecule has 0 saturated heterocycles. The number of rotatable bonds is 6. The summed E-state index contributed by atoms with van der Waals surface area (Å²) in [5.74, 6) is 7.17. The van der Waals surface area contributed by atoms with Crippen LogP contribution >= 0.6 is 11.8 Å². The molecule has 0 saturated carbocycles. The lowest BCUT2D eigenvalue weighted by Gasteiger charge is -2.28. The summed E-state index contributed by atoms with van der Waals surface area (Å²) in [6.07, 6.45) is 5.04. The highest BCUT2D eigenvalue weighted by atomic mass is 32.2. The maximum atomic E-state index is 5.35. The van der Waals surface area contributed by atoms with Crippen LogP contribution in [0.15, 0.2) is 18.3 Å². The molecule has 4 nitrogen and oxygen atoms in total. The smallest absolute Gasteiger partial charge is 0.141 e. The van der Waals surface area contributed by atoms with Gasteiger partial charge in [0.15, 0.2) is 0 Å². The van der Waals surface area contributed by atoms with Crippen molar-refractivity contribution < 1.29 is 0 Å². The molecule has 0 aliphatic carbocycles. The van der Waals surface area contributed by atoms with E-state index in [1.807, 2.05) is 23.9 Å². The Hall–Kier alpha value is -0.940. The van der Waals surface area contributed by atoms with Gasteiger partial charge >= 0.3 is 0 Å². The molecule has 0 aromatic carbocycles. The van der Waals surface area contributed by atoms with Gasteiger partial charge in [-0.25, -0.2) is 10.8 Å². The van der Waals surface area contributed by atoms with Crippen molar-refractivity contribution in [3.63, 3.8) is 0 Å². The predicted molar refractivity (Wildman–Crippen MR) is 72.9 cm³/mol. The quantitative estimate of drug-likeness (QED) is 0.588. The van der Waals surface area contributed by atoms with E-state index in [0.29, 0.717) is 11.9 Å². The van der Waals surface area contributed by atoms with Gasteiger partial charge in [0.25, 0.3) is 0 Å². The molecular formula is C11H20N4S. The highest BCUT2D eigenvalue weighted by Gasteiger charge is 2.12. The zero-order chi connectivity index (χ0) is 12.0. The summed E-state index contributed by atoms with van der Waals surface area (Å²) in [4.78, 5) is 6.38. The maximum Gasteiger partial charge on any atom is 0.141 e. The zero-order valence-electron chi connectivity index (χ0n) is 10.1. The fourth-order valence-electron chi connectivity index (χ4n) is 1.62. The van der Waals surface area contributed by atoms with Crippen LogP contribution in [0.25, 0.3) is 0 Å². The van der Waals surface area contributed by atoms with E-state index in [-0.39, 0.29) is 0 Å². The van der Waals surface area contributed by atoms with Gasteiger partial charge in [0.05, 0.1) is 0 Å². The Morgan fingerprint density at radius 2 is 2.38 bits per heavy atom. The van der Waals surface area contributed by atoms with Crippen molar-refractivity contribution >= 4 is 23.3 Å². The highest BCUT2D eigenvalue weighted by molar-refractivity contribution is 7.98. The predicted octanol–water partition coefficient (Wildman–Crippen LogP) is 1.94. The summed E-state index contributed by atoms with van der Waals surface area (Å²) in [6.45, 7) is 2.21. The highest BCUT2D eigenvalue weighted by Crippen LogP contribution is 2.20. The Morgan fingerprint density at radius 3 is 2.94 bits per heavy atom. The number of hydrogen-bond acceptors (Lipinski definition) is 5. The lowest BCUT2D eigenvalue weighted by atomic mass is 10.2. The molecular weight excluding hydrogens is 220 g/mol. The number of nitrogens with zero attached hydrogens (tertiary/aromatic N) is 2. The molecule has 0 spiro atoms. The number of nitrogen functional groups attached to an aromatic ring is 1. The first-order valence-corrected chi connectivity index (χ1v) is 6.76. The molecule has 3 N–H and O–H groups in total. The Balaban J connectivity index is 2.80. The van der Waals surface area contributed by atoms with Crippen LogP contribution in [0.5, 0.6) is 0 Å². The molecule has 16 heavy (non-hydrogen) atoms. The minimum Gasteiger partial charge on any atom is -0.371 e. The van der Waals surface area contributed by atoms with Gasteiger partial charge < -0.3 is 10.3 Å². The van der Waals surface area contributed by atoms with Crippen LogP contribution in [0.4, 0.5) is 11.5 Å². The topological polar surface area (TPSA) is 54.2 Å². The van der Waals surface area contributed by atoms with Crippen molar-refractivity contribution in [1.29, 1.82) is 0 Å². The minimum atomic E-state index is 0.544. The van der Waals surface area contributed by atoms with Gasteiger partial charge in [-0.3, -0.25) is 0 Å². The van der Waals surface area contributed by atoms with Gasteiger partial charge in [-0.1, -0.05) is 6.92 Å². The first-order chi connectivity index (χ1) is 7.72. The third kappa shape index (κ3) is 3.28. The monoisotopic (exact) mass is 240 g/mol. The number of nitrogens with one attached hydrogen (secondary N) is 1. The Labute approximate surface area is 102 Å². The fourth-order valence-corrected chi connectivity index (χ4v) is 2.47.